The molecule has 0 aromatic rings. The summed E-state index contributed by atoms with van der Waals surface area (Å²) in [6.07, 6.45) is 0.665. The molecule has 96 valence electrons. The van der Waals surface area contributed by atoms with Crippen molar-refractivity contribution in [2.45, 2.75) is 12.8 Å². The fourth-order valence-electron chi connectivity index (χ4n) is 3.51. The Morgan fingerprint density at radius 3 is 1.11 bits per heavy atom. The van der Waals surface area contributed by atoms with Crippen molar-refractivity contribution in [1.82, 2.24) is 9.80 Å². The molecule has 0 spiro atoms. The topological polar surface area (TPSA) is 74.8 Å². The lowest BCUT2D eigenvalue weighted by atomic mass is 9.70. The van der Waals surface area contributed by atoms with Gasteiger partial charge in [-0.1, -0.05) is 0 Å². The summed E-state index contributed by atoms with van der Waals surface area (Å²) < 4.78 is 0. The highest BCUT2D eigenvalue weighted by molar-refractivity contribution is 6.09. The maximum Gasteiger partial charge on any atom is 0.232 e. The summed E-state index contributed by atoms with van der Waals surface area (Å²) in [4.78, 5) is 49.9. The number of rotatable bonds is 0. The fraction of sp³-hybridized carbons (Fsp3) is 0.667. The molecule has 0 radical (unpaired) electrons. The lowest BCUT2D eigenvalue weighted by Crippen LogP contribution is -2.35. The highest BCUT2D eigenvalue weighted by atomic mass is 16.2. The zero-order chi connectivity index (χ0) is 13.2. The van der Waals surface area contributed by atoms with Crippen LogP contribution in [0.1, 0.15) is 12.8 Å². The normalized spacial score (nSPS) is 39.4. The molecule has 2 aliphatic heterocycles. The van der Waals surface area contributed by atoms with E-state index in [-0.39, 0.29) is 23.6 Å². The molecule has 3 rings (SSSR count). The third-order valence-corrected chi connectivity index (χ3v) is 4.58. The molecule has 18 heavy (non-hydrogen) atoms. The highest BCUT2D eigenvalue weighted by Crippen LogP contribution is 2.46. The van der Waals surface area contributed by atoms with Crippen molar-refractivity contribution in [3.63, 3.8) is 0 Å². The maximum atomic E-state index is 11.9. The zero-order valence-corrected chi connectivity index (χ0v) is 10.3. The number of carbonyl (C=O) groups is 4. The van der Waals surface area contributed by atoms with E-state index >= 15 is 0 Å². The standard InChI is InChI=1S/C12H14N2O4/c1-13-9(15)5-3-7-8(4-6(5)10(13)16)12(18)14(2)11(7)17/h5-8H,3-4H2,1-2H3. The molecule has 2 heterocycles. The first kappa shape index (κ1) is 11.4. The number of amides is 4. The Morgan fingerprint density at radius 2 is 0.889 bits per heavy atom. The van der Waals surface area contributed by atoms with Crippen LogP contribution in [0.5, 0.6) is 0 Å². The van der Waals surface area contributed by atoms with E-state index in [4.69, 9.17) is 0 Å². The summed E-state index contributed by atoms with van der Waals surface area (Å²) in [5, 5.41) is 0. The Bertz CT molecular complexity index is 402. The van der Waals surface area contributed by atoms with E-state index in [9.17, 15) is 19.2 Å². The second-order valence-electron chi connectivity index (χ2n) is 5.37. The van der Waals surface area contributed by atoms with Crippen LogP contribution in [0.4, 0.5) is 0 Å². The molecule has 4 amide bonds. The lowest BCUT2D eigenvalue weighted by Gasteiger charge is -2.28. The van der Waals surface area contributed by atoms with Gasteiger partial charge >= 0.3 is 0 Å². The van der Waals surface area contributed by atoms with Gasteiger partial charge in [0.05, 0.1) is 23.7 Å². The van der Waals surface area contributed by atoms with E-state index in [1.165, 1.54) is 14.1 Å². The molecular weight excluding hydrogens is 236 g/mol. The van der Waals surface area contributed by atoms with Crippen LogP contribution in [0, 0.1) is 23.7 Å². The van der Waals surface area contributed by atoms with Crippen molar-refractivity contribution in [1.29, 1.82) is 0 Å². The van der Waals surface area contributed by atoms with E-state index in [2.05, 4.69) is 0 Å². The summed E-state index contributed by atoms with van der Waals surface area (Å²) in [5.74, 6) is -2.48. The number of fused-ring (bicyclic) bond motifs is 2. The van der Waals surface area contributed by atoms with E-state index in [0.717, 1.165) is 9.80 Å². The van der Waals surface area contributed by atoms with E-state index < -0.39 is 23.7 Å². The van der Waals surface area contributed by atoms with Crippen molar-refractivity contribution >= 4 is 23.6 Å². The smallest absolute Gasteiger partial charge is 0.232 e. The molecule has 6 nitrogen and oxygen atoms in total. The minimum Gasteiger partial charge on any atom is -0.285 e. The summed E-state index contributed by atoms with van der Waals surface area (Å²) >= 11 is 0. The Morgan fingerprint density at radius 1 is 0.667 bits per heavy atom. The predicted octanol–water partition coefficient (Wildman–Crippen LogP) is -0.758. The van der Waals surface area contributed by atoms with Gasteiger partial charge in [-0.05, 0) is 12.8 Å². The molecule has 3 aliphatic rings. The molecule has 6 heteroatoms. The van der Waals surface area contributed by atoms with Crippen LogP contribution in [0.2, 0.25) is 0 Å². The number of nitrogens with zero attached hydrogens (tertiary/aromatic N) is 2. The van der Waals surface area contributed by atoms with Crippen molar-refractivity contribution in [2.24, 2.45) is 23.7 Å². The van der Waals surface area contributed by atoms with Crippen LogP contribution in [0.25, 0.3) is 0 Å². The van der Waals surface area contributed by atoms with Gasteiger partial charge < -0.3 is 0 Å². The largest absolute Gasteiger partial charge is 0.285 e. The van der Waals surface area contributed by atoms with Gasteiger partial charge in [0.25, 0.3) is 0 Å². The van der Waals surface area contributed by atoms with Gasteiger partial charge in [0.2, 0.25) is 23.6 Å². The minimum absolute atomic E-state index is 0.210. The molecule has 4 atom stereocenters. The molecule has 0 N–H and O–H groups in total. The second kappa shape index (κ2) is 3.40. The van der Waals surface area contributed by atoms with Gasteiger partial charge in [-0.25, -0.2) is 0 Å². The average Bonchev–Trinajstić information content (AvgIpc) is 2.71. The number of hydrogen-bond donors (Lipinski definition) is 0. The number of imide groups is 2. The van der Waals surface area contributed by atoms with Crippen LogP contribution < -0.4 is 0 Å². The Labute approximate surface area is 104 Å². The summed E-state index contributed by atoms with van der Waals surface area (Å²) in [7, 11) is 2.93. The van der Waals surface area contributed by atoms with Crippen molar-refractivity contribution < 1.29 is 19.2 Å². The Hall–Kier alpha value is -1.72. The summed E-state index contributed by atoms with van der Waals surface area (Å²) in [6.45, 7) is 0. The third-order valence-electron chi connectivity index (χ3n) is 4.58. The zero-order valence-electron chi connectivity index (χ0n) is 10.3. The summed E-state index contributed by atoms with van der Waals surface area (Å²) in [5.41, 5.74) is 0. The first-order valence-electron chi connectivity index (χ1n) is 6.06. The van der Waals surface area contributed by atoms with E-state index in [0.29, 0.717) is 12.8 Å². The van der Waals surface area contributed by atoms with Crippen LogP contribution in [-0.2, 0) is 19.2 Å². The second-order valence-corrected chi connectivity index (χ2v) is 5.37. The summed E-state index contributed by atoms with van der Waals surface area (Å²) in [6, 6.07) is 0. The SMILES string of the molecule is CN1C(=O)C2CC3C(=O)N(C)C(=O)C3CC2C1=O. The Kier molecular flexibility index (Phi) is 2.15. The quantitative estimate of drug-likeness (QED) is 0.530. The molecule has 1 saturated carbocycles. The van der Waals surface area contributed by atoms with Crippen LogP contribution in [0.15, 0.2) is 0 Å². The third kappa shape index (κ3) is 1.18. The molecule has 4 unspecified atom stereocenters. The minimum atomic E-state index is -0.410. The van der Waals surface area contributed by atoms with Crippen molar-refractivity contribution in [3.8, 4) is 0 Å². The first-order valence-corrected chi connectivity index (χ1v) is 6.06. The number of carbonyl (C=O) groups excluding carboxylic acids is 4. The van der Waals surface area contributed by atoms with Gasteiger partial charge in [-0.15, -0.1) is 0 Å². The molecule has 3 fully saturated rings. The van der Waals surface area contributed by atoms with Gasteiger partial charge in [-0.2, -0.15) is 0 Å². The van der Waals surface area contributed by atoms with E-state index in [1.54, 1.807) is 0 Å². The van der Waals surface area contributed by atoms with Gasteiger partial charge in [0.1, 0.15) is 0 Å². The number of hydrogen-bond acceptors (Lipinski definition) is 4. The lowest BCUT2D eigenvalue weighted by molar-refractivity contribution is -0.138. The van der Waals surface area contributed by atoms with Gasteiger partial charge in [0.15, 0.2) is 0 Å². The molecule has 1 aliphatic carbocycles. The monoisotopic (exact) mass is 250 g/mol. The van der Waals surface area contributed by atoms with E-state index in [1.807, 2.05) is 0 Å². The van der Waals surface area contributed by atoms with Crippen LogP contribution in [-0.4, -0.2) is 47.5 Å². The first-order chi connectivity index (χ1) is 8.43. The molecule has 0 aromatic heterocycles. The molecule has 0 bridgehead atoms. The van der Waals surface area contributed by atoms with Gasteiger partial charge in [-0.3, -0.25) is 29.0 Å². The predicted molar refractivity (Wildman–Crippen MR) is 58.7 cm³/mol. The van der Waals surface area contributed by atoms with Crippen molar-refractivity contribution in [3.05, 3.63) is 0 Å². The maximum absolute atomic E-state index is 11.9. The van der Waals surface area contributed by atoms with Gasteiger partial charge in [0, 0.05) is 14.1 Å². The molecule has 0 aromatic carbocycles. The molecular formula is C12H14N2O4. The van der Waals surface area contributed by atoms with Crippen LogP contribution in [0.3, 0.4) is 0 Å². The molecule has 2 saturated heterocycles. The number of likely N-dealkylation sites (tertiary alicyclic amines) is 2. The van der Waals surface area contributed by atoms with Crippen molar-refractivity contribution in [2.75, 3.05) is 14.1 Å². The highest BCUT2D eigenvalue weighted by Gasteiger charge is 2.58. The average molecular weight is 250 g/mol. The van der Waals surface area contributed by atoms with Crippen LogP contribution >= 0.6 is 0 Å². The Balaban J connectivity index is 1.94. The fourth-order valence-corrected chi connectivity index (χ4v) is 3.51.